The number of aryl methyl sites for hydroxylation is 3. The summed E-state index contributed by atoms with van der Waals surface area (Å²) in [6.07, 6.45) is 0.254. The van der Waals surface area contributed by atoms with E-state index in [0.29, 0.717) is 11.4 Å². The molecule has 0 fully saturated rings. The molecule has 4 nitrogen and oxygen atoms in total. The SMILES string of the molecule is Cc1cc(C)c(NC(=O)CCNC(=O)c2cccs2)c(C)c1. The van der Waals surface area contributed by atoms with Crippen molar-refractivity contribution >= 4 is 28.8 Å². The monoisotopic (exact) mass is 316 g/mol. The van der Waals surface area contributed by atoms with Crippen molar-refractivity contribution in [1.29, 1.82) is 0 Å². The average molecular weight is 316 g/mol. The third-order valence-corrected chi connectivity index (χ3v) is 4.19. The Hall–Kier alpha value is -2.14. The first-order valence-corrected chi connectivity index (χ1v) is 8.04. The van der Waals surface area contributed by atoms with E-state index in [9.17, 15) is 9.59 Å². The Balaban J connectivity index is 1.85. The summed E-state index contributed by atoms with van der Waals surface area (Å²) in [6.45, 7) is 6.32. The van der Waals surface area contributed by atoms with Crippen molar-refractivity contribution in [3.05, 3.63) is 51.2 Å². The molecule has 0 radical (unpaired) electrons. The van der Waals surface area contributed by atoms with Crippen LogP contribution in [0, 0.1) is 20.8 Å². The molecule has 0 aliphatic heterocycles. The molecule has 0 bridgehead atoms. The summed E-state index contributed by atoms with van der Waals surface area (Å²) < 4.78 is 0. The molecular formula is C17H20N2O2S. The molecule has 2 aromatic rings. The van der Waals surface area contributed by atoms with Gasteiger partial charge in [0.1, 0.15) is 0 Å². The Kier molecular flexibility index (Phi) is 5.33. The summed E-state index contributed by atoms with van der Waals surface area (Å²) in [6, 6.07) is 7.68. The van der Waals surface area contributed by atoms with Crippen molar-refractivity contribution in [1.82, 2.24) is 5.32 Å². The zero-order valence-electron chi connectivity index (χ0n) is 13.0. The van der Waals surface area contributed by atoms with Gasteiger partial charge in [-0.3, -0.25) is 9.59 Å². The van der Waals surface area contributed by atoms with Crippen LogP contribution in [0.4, 0.5) is 5.69 Å². The fourth-order valence-electron chi connectivity index (χ4n) is 2.36. The van der Waals surface area contributed by atoms with E-state index in [1.54, 1.807) is 6.07 Å². The number of hydrogen-bond acceptors (Lipinski definition) is 3. The second kappa shape index (κ2) is 7.22. The van der Waals surface area contributed by atoms with Gasteiger partial charge < -0.3 is 10.6 Å². The molecule has 1 heterocycles. The van der Waals surface area contributed by atoms with Gasteiger partial charge >= 0.3 is 0 Å². The predicted octanol–water partition coefficient (Wildman–Crippen LogP) is 3.43. The Morgan fingerprint density at radius 2 is 1.82 bits per heavy atom. The van der Waals surface area contributed by atoms with E-state index >= 15 is 0 Å². The third kappa shape index (κ3) is 4.18. The lowest BCUT2D eigenvalue weighted by Gasteiger charge is -2.13. The number of benzene rings is 1. The van der Waals surface area contributed by atoms with Crippen LogP contribution in [0.5, 0.6) is 0 Å². The van der Waals surface area contributed by atoms with Gasteiger partial charge in [-0.1, -0.05) is 23.8 Å². The Morgan fingerprint density at radius 3 is 2.41 bits per heavy atom. The molecular weight excluding hydrogens is 296 g/mol. The molecule has 22 heavy (non-hydrogen) atoms. The molecule has 0 unspecified atom stereocenters. The zero-order valence-corrected chi connectivity index (χ0v) is 13.8. The van der Waals surface area contributed by atoms with Gasteiger partial charge in [-0.25, -0.2) is 0 Å². The summed E-state index contributed by atoms with van der Waals surface area (Å²) in [5.74, 6) is -0.230. The lowest BCUT2D eigenvalue weighted by molar-refractivity contribution is -0.116. The second-order valence-corrected chi connectivity index (χ2v) is 6.25. The molecule has 0 saturated carbocycles. The minimum Gasteiger partial charge on any atom is -0.351 e. The normalized spacial score (nSPS) is 10.3. The van der Waals surface area contributed by atoms with Crippen LogP contribution in [0.1, 0.15) is 32.8 Å². The van der Waals surface area contributed by atoms with Crippen LogP contribution in [-0.2, 0) is 4.79 Å². The van der Waals surface area contributed by atoms with Crippen molar-refractivity contribution in [3.8, 4) is 0 Å². The minimum atomic E-state index is -0.134. The summed E-state index contributed by atoms with van der Waals surface area (Å²) in [5.41, 5.74) is 4.14. The highest BCUT2D eigenvalue weighted by Crippen LogP contribution is 2.21. The highest BCUT2D eigenvalue weighted by atomic mass is 32.1. The molecule has 116 valence electrons. The van der Waals surface area contributed by atoms with E-state index in [1.165, 1.54) is 16.9 Å². The smallest absolute Gasteiger partial charge is 0.261 e. The van der Waals surface area contributed by atoms with E-state index < -0.39 is 0 Å². The fourth-order valence-corrected chi connectivity index (χ4v) is 3.00. The molecule has 0 spiro atoms. The van der Waals surface area contributed by atoms with Crippen LogP contribution in [0.2, 0.25) is 0 Å². The van der Waals surface area contributed by atoms with Gasteiger partial charge in [0.25, 0.3) is 5.91 Å². The number of nitrogens with one attached hydrogen (secondary N) is 2. The second-order valence-electron chi connectivity index (χ2n) is 5.31. The first kappa shape index (κ1) is 16.2. The maximum atomic E-state index is 12.0. The van der Waals surface area contributed by atoms with Crippen LogP contribution in [0.15, 0.2) is 29.6 Å². The lowest BCUT2D eigenvalue weighted by atomic mass is 10.1. The highest BCUT2D eigenvalue weighted by Gasteiger charge is 2.10. The van der Waals surface area contributed by atoms with E-state index in [-0.39, 0.29) is 18.2 Å². The maximum Gasteiger partial charge on any atom is 0.261 e. The van der Waals surface area contributed by atoms with Crippen LogP contribution < -0.4 is 10.6 Å². The number of rotatable bonds is 5. The Morgan fingerprint density at radius 1 is 1.14 bits per heavy atom. The molecule has 0 aliphatic carbocycles. The van der Waals surface area contributed by atoms with Gasteiger partial charge in [0, 0.05) is 18.7 Å². The summed E-state index contributed by atoms with van der Waals surface area (Å²) in [5, 5.41) is 7.53. The van der Waals surface area contributed by atoms with E-state index in [0.717, 1.165) is 16.8 Å². The van der Waals surface area contributed by atoms with Crippen LogP contribution in [0.3, 0.4) is 0 Å². The highest BCUT2D eigenvalue weighted by molar-refractivity contribution is 7.12. The van der Waals surface area contributed by atoms with Gasteiger partial charge in [-0.2, -0.15) is 0 Å². The largest absolute Gasteiger partial charge is 0.351 e. The number of thiophene rings is 1. The summed E-state index contributed by atoms with van der Waals surface area (Å²) >= 11 is 1.39. The van der Waals surface area contributed by atoms with Crippen LogP contribution in [-0.4, -0.2) is 18.4 Å². The number of amides is 2. The average Bonchev–Trinajstić information content (AvgIpc) is 2.97. The van der Waals surface area contributed by atoms with Crippen LogP contribution in [0.25, 0.3) is 0 Å². The van der Waals surface area contributed by atoms with Crippen molar-refractivity contribution in [2.45, 2.75) is 27.2 Å². The zero-order chi connectivity index (χ0) is 16.1. The fraction of sp³-hybridized carbons (Fsp3) is 0.294. The van der Waals surface area contributed by atoms with Crippen molar-refractivity contribution in [2.24, 2.45) is 0 Å². The molecule has 2 rings (SSSR count). The third-order valence-electron chi connectivity index (χ3n) is 3.32. The Labute approximate surface area is 134 Å². The number of anilines is 1. The van der Waals surface area contributed by atoms with E-state index in [4.69, 9.17) is 0 Å². The van der Waals surface area contributed by atoms with Gasteiger partial charge in [0.05, 0.1) is 4.88 Å². The minimum absolute atomic E-state index is 0.0958. The van der Waals surface area contributed by atoms with E-state index in [2.05, 4.69) is 10.6 Å². The molecule has 0 aliphatic rings. The van der Waals surface area contributed by atoms with Gasteiger partial charge in [-0.15, -0.1) is 11.3 Å². The van der Waals surface area contributed by atoms with Crippen molar-refractivity contribution in [2.75, 3.05) is 11.9 Å². The molecule has 5 heteroatoms. The van der Waals surface area contributed by atoms with E-state index in [1.807, 2.05) is 44.4 Å². The van der Waals surface area contributed by atoms with Crippen molar-refractivity contribution < 1.29 is 9.59 Å². The molecule has 2 N–H and O–H groups in total. The van der Waals surface area contributed by atoms with Crippen LogP contribution >= 0.6 is 11.3 Å². The number of hydrogen-bond donors (Lipinski definition) is 2. The molecule has 1 aromatic carbocycles. The number of carbonyl (C=O) groups is 2. The van der Waals surface area contributed by atoms with Gasteiger partial charge in [0.2, 0.25) is 5.91 Å². The molecule has 0 atom stereocenters. The van der Waals surface area contributed by atoms with Gasteiger partial charge in [-0.05, 0) is 43.3 Å². The number of carbonyl (C=O) groups excluding carboxylic acids is 2. The summed E-state index contributed by atoms with van der Waals surface area (Å²) in [4.78, 5) is 24.4. The molecule has 0 saturated heterocycles. The lowest BCUT2D eigenvalue weighted by Crippen LogP contribution is -2.27. The van der Waals surface area contributed by atoms with Gasteiger partial charge in [0.15, 0.2) is 0 Å². The molecule has 1 aromatic heterocycles. The Bertz CT molecular complexity index is 655. The first-order valence-electron chi connectivity index (χ1n) is 7.17. The topological polar surface area (TPSA) is 58.2 Å². The predicted molar refractivity (Wildman–Crippen MR) is 90.6 cm³/mol. The summed E-state index contributed by atoms with van der Waals surface area (Å²) in [7, 11) is 0. The van der Waals surface area contributed by atoms with Crippen molar-refractivity contribution in [3.63, 3.8) is 0 Å². The standard InChI is InChI=1S/C17H20N2O2S/c1-11-9-12(2)16(13(3)10-11)19-15(20)6-7-18-17(21)14-5-4-8-22-14/h4-5,8-10H,6-7H2,1-3H3,(H,18,21)(H,19,20). The first-order chi connectivity index (χ1) is 10.5. The maximum absolute atomic E-state index is 12.0. The quantitative estimate of drug-likeness (QED) is 0.888. The molecule has 2 amide bonds.